The predicted molar refractivity (Wildman–Crippen MR) is 190 cm³/mol. The Morgan fingerprint density at radius 3 is 1.36 bits per heavy atom. The number of carbonyl (C=O) groups is 1. The van der Waals surface area contributed by atoms with Crippen molar-refractivity contribution in [3.05, 3.63) is 12.2 Å². The Labute approximate surface area is 278 Å². The molecule has 7 nitrogen and oxygen atoms in total. The lowest BCUT2D eigenvalue weighted by Crippen LogP contribution is -2.50. The first-order chi connectivity index (χ1) is 21.7. The van der Waals surface area contributed by atoms with Crippen LogP contribution < -0.4 is 5.32 Å². The minimum absolute atomic E-state index is 0.292. The van der Waals surface area contributed by atoms with Gasteiger partial charge in [-0.15, -0.1) is 0 Å². The monoisotopic (exact) mass is 660 g/mol. The van der Waals surface area contributed by atoms with E-state index in [1.807, 2.05) is 0 Å². The fourth-order valence-corrected chi connectivity index (χ4v) is 6.63. The highest BCUT2D eigenvalue weighted by Crippen LogP contribution is 2.16. The molecule has 0 spiro atoms. The third-order valence-corrected chi connectivity index (χ3v) is 9.61. The Morgan fingerprint density at radius 2 is 0.933 bits per heavy atom. The van der Waals surface area contributed by atoms with Crippen molar-refractivity contribution in [2.24, 2.45) is 0 Å². The number of unbranched alkanes of at least 4 members (excludes halogenated alkanes) is 23. The maximum atomic E-state index is 12.6. The lowest BCUT2D eigenvalue weighted by Gasteiger charge is -2.24. The van der Waals surface area contributed by atoms with E-state index in [4.69, 9.17) is 0 Å². The number of aliphatic hydroxyl groups is 2. The van der Waals surface area contributed by atoms with Crippen LogP contribution in [-0.4, -0.2) is 53.1 Å². The van der Waals surface area contributed by atoms with E-state index >= 15 is 0 Å². The zero-order valence-corrected chi connectivity index (χ0v) is 30.2. The average molecular weight is 660 g/mol. The van der Waals surface area contributed by atoms with Gasteiger partial charge in [-0.25, -0.2) is 0 Å². The maximum Gasteiger partial charge on any atom is 0.266 e. The second-order valence-corrected chi connectivity index (χ2v) is 14.8. The largest absolute Gasteiger partial charge is 0.391 e. The van der Waals surface area contributed by atoms with Crippen molar-refractivity contribution >= 4 is 16.0 Å². The van der Waals surface area contributed by atoms with Crippen molar-refractivity contribution in [1.29, 1.82) is 0 Å². The van der Waals surface area contributed by atoms with Gasteiger partial charge in [-0.2, -0.15) is 8.42 Å². The molecule has 1 amide bonds. The number of hydrogen-bond donors (Lipinski definition) is 4. The number of nitrogens with one attached hydrogen (secondary N) is 1. The fraction of sp³-hybridized carbons (Fsp3) is 0.919. The highest BCUT2D eigenvalue weighted by molar-refractivity contribution is 7.85. The van der Waals surface area contributed by atoms with Gasteiger partial charge in [-0.1, -0.05) is 167 Å². The number of allylic oxidation sites excluding steroid dienone is 2. The van der Waals surface area contributed by atoms with Gasteiger partial charge >= 0.3 is 0 Å². The summed E-state index contributed by atoms with van der Waals surface area (Å²) in [4.78, 5) is 12.6. The summed E-state index contributed by atoms with van der Waals surface area (Å²) < 4.78 is 32.5. The molecule has 4 N–H and O–H groups in total. The molecule has 0 heterocycles. The van der Waals surface area contributed by atoms with Gasteiger partial charge in [0.05, 0.1) is 17.9 Å². The van der Waals surface area contributed by atoms with Crippen LogP contribution in [0.25, 0.3) is 0 Å². The van der Waals surface area contributed by atoms with Crippen molar-refractivity contribution < 1.29 is 28.0 Å². The van der Waals surface area contributed by atoms with Crippen LogP contribution in [0.5, 0.6) is 0 Å². The van der Waals surface area contributed by atoms with Gasteiger partial charge in [0.2, 0.25) is 5.91 Å². The molecule has 0 aromatic rings. The van der Waals surface area contributed by atoms with Crippen LogP contribution in [0.15, 0.2) is 12.2 Å². The van der Waals surface area contributed by atoms with Crippen LogP contribution in [0.4, 0.5) is 0 Å². The van der Waals surface area contributed by atoms with Crippen molar-refractivity contribution in [2.45, 2.75) is 212 Å². The van der Waals surface area contributed by atoms with Crippen molar-refractivity contribution in [3.8, 4) is 0 Å². The van der Waals surface area contributed by atoms with E-state index in [0.717, 1.165) is 44.9 Å². The molecule has 0 aliphatic rings. The van der Waals surface area contributed by atoms with Crippen molar-refractivity contribution in [3.63, 3.8) is 0 Å². The Hall–Kier alpha value is -0.960. The van der Waals surface area contributed by atoms with Gasteiger partial charge in [0.1, 0.15) is 6.10 Å². The molecule has 0 saturated heterocycles. The quantitative estimate of drug-likeness (QED) is 0.0310. The van der Waals surface area contributed by atoms with Crippen molar-refractivity contribution in [2.75, 3.05) is 5.75 Å². The first-order valence-corrected chi connectivity index (χ1v) is 20.6. The zero-order valence-electron chi connectivity index (χ0n) is 29.4. The van der Waals surface area contributed by atoms with Gasteiger partial charge < -0.3 is 15.5 Å². The normalized spacial score (nSPS) is 14.2. The number of amides is 1. The van der Waals surface area contributed by atoms with E-state index in [0.29, 0.717) is 25.7 Å². The second-order valence-electron chi connectivity index (χ2n) is 13.4. The molecule has 0 aromatic heterocycles. The fourth-order valence-electron chi connectivity index (χ4n) is 5.87. The molecule has 0 aliphatic carbocycles. The van der Waals surface area contributed by atoms with Crippen LogP contribution in [0.2, 0.25) is 0 Å². The number of rotatable bonds is 34. The Morgan fingerprint density at radius 1 is 0.578 bits per heavy atom. The smallest absolute Gasteiger partial charge is 0.266 e. The molecule has 0 fully saturated rings. The van der Waals surface area contributed by atoms with E-state index < -0.39 is 40.0 Å². The van der Waals surface area contributed by atoms with Crippen LogP contribution in [0, 0.1) is 0 Å². The van der Waals surface area contributed by atoms with Gasteiger partial charge in [0.25, 0.3) is 10.1 Å². The Bertz CT molecular complexity index is 788. The molecule has 0 rings (SSSR count). The summed E-state index contributed by atoms with van der Waals surface area (Å²) >= 11 is 0. The molecule has 0 aliphatic heterocycles. The third-order valence-electron chi connectivity index (χ3n) is 8.83. The van der Waals surface area contributed by atoms with Crippen molar-refractivity contribution in [1.82, 2.24) is 5.32 Å². The van der Waals surface area contributed by atoms with E-state index in [1.165, 1.54) is 109 Å². The Kier molecular flexibility index (Phi) is 31.0. The van der Waals surface area contributed by atoms with E-state index in [2.05, 4.69) is 31.3 Å². The van der Waals surface area contributed by atoms with Crippen LogP contribution in [0.1, 0.15) is 194 Å². The SMILES string of the molecule is CCCCCC/C=C\CCCCCCCCC(O)C(=O)NC(CS(=O)(=O)O)C(O)CCCCCCCCCCCCCCCC. The molecule has 268 valence electrons. The summed E-state index contributed by atoms with van der Waals surface area (Å²) in [5, 5.41) is 23.4. The molecule has 45 heavy (non-hydrogen) atoms. The van der Waals surface area contributed by atoms with Crippen LogP contribution in [0.3, 0.4) is 0 Å². The molecule has 3 atom stereocenters. The van der Waals surface area contributed by atoms with E-state index in [1.54, 1.807) is 0 Å². The lowest BCUT2D eigenvalue weighted by molar-refractivity contribution is -0.131. The summed E-state index contributed by atoms with van der Waals surface area (Å²) in [5.41, 5.74) is 0. The van der Waals surface area contributed by atoms with E-state index in [-0.39, 0.29) is 0 Å². The molecule has 3 unspecified atom stereocenters. The Balaban J connectivity index is 4.04. The van der Waals surface area contributed by atoms with Gasteiger partial charge in [-0.3, -0.25) is 9.35 Å². The summed E-state index contributed by atoms with van der Waals surface area (Å²) in [7, 11) is -4.40. The molecule has 0 aromatic carbocycles. The summed E-state index contributed by atoms with van der Waals surface area (Å²) in [5.74, 6) is -1.45. The molecule has 0 saturated carbocycles. The first-order valence-electron chi connectivity index (χ1n) is 19.0. The lowest BCUT2D eigenvalue weighted by atomic mass is 10.0. The molecular formula is C37H73NO6S. The van der Waals surface area contributed by atoms with E-state index in [9.17, 15) is 28.0 Å². The minimum Gasteiger partial charge on any atom is -0.391 e. The molecular weight excluding hydrogens is 586 g/mol. The van der Waals surface area contributed by atoms with Crippen LogP contribution in [-0.2, 0) is 14.9 Å². The predicted octanol–water partition coefficient (Wildman–Crippen LogP) is 9.60. The highest BCUT2D eigenvalue weighted by Gasteiger charge is 2.28. The zero-order chi connectivity index (χ0) is 33.4. The van der Waals surface area contributed by atoms with Crippen LogP contribution >= 0.6 is 0 Å². The van der Waals surface area contributed by atoms with Gasteiger partial charge in [0.15, 0.2) is 0 Å². The number of hydrogen-bond acceptors (Lipinski definition) is 5. The molecule has 0 bridgehead atoms. The molecule has 8 heteroatoms. The van der Waals surface area contributed by atoms with Gasteiger partial charge in [0, 0.05) is 0 Å². The maximum absolute atomic E-state index is 12.6. The summed E-state index contributed by atoms with van der Waals surface area (Å²) in [6.45, 7) is 4.48. The van der Waals surface area contributed by atoms with Gasteiger partial charge in [-0.05, 0) is 38.5 Å². The average Bonchev–Trinajstić information content (AvgIpc) is 3.00. The number of aliphatic hydroxyl groups excluding tert-OH is 2. The third kappa shape index (κ3) is 31.4. The first kappa shape index (κ1) is 44.0. The minimum atomic E-state index is -4.40. The summed E-state index contributed by atoms with van der Waals surface area (Å²) in [6, 6.07) is -1.14. The standard InChI is InChI=1S/C37H73NO6S/c1-3-5-7-9-11-13-15-17-19-21-23-25-27-29-31-35(39)34(33-45(42,43)44)38-37(41)36(40)32-30-28-26-24-22-20-18-16-14-12-10-8-6-4-2/h14,16,34-36,39-40H,3-13,15,17-33H2,1-2H3,(H,38,41)(H,42,43,44)/b16-14-. The highest BCUT2D eigenvalue weighted by atomic mass is 32.2. The molecule has 0 radical (unpaired) electrons. The summed E-state index contributed by atoms with van der Waals surface area (Å²) in [6.07, 6.45) is 33.6. The topological polar surface area (TPSA) is 124 Å². The second kappa shape index (κ2) is 31.6. The number of carbonyl (C=O) groups excluding carboxylic acids is 1.